The molecule has 1 aliphatic rings. The minimum atomic E-state index is -0.173. The van der Waals surface area contributed by atoms with Crippen LogP contribution in [0.1, 0.15) is 29.0 Å². The Morgan fingerprint density at radius 2 is 2.38 bits per heavy atom. The summed E-state index contributed by atoms with van der Waals surface area (Å²) in [5.41, 5.74) is 6.73. The van der Waals surface area contributed by atoms with Gasteiger partial charge in [-0.2, -0.15) is 0 Å². The van der Waals surface area contributed by atoms with Crippen LogP contribution in [0.3, 0.4) is 0 Å². The minimum absolute atomic E-state index is 0. The Morgan fingerprint density at radius 1 is 1.69 bits per heavy atom. The Kier molecular flexibility index (Phi) is 4.38. The minimum Gasteiger partial charge on any atom is -0.459 e. The van der Waals surface area contributed by atoms with Gasteiger partial charge < -0.3 is 15.5 Å². The lowest BCUT2D eigenvalue weighted by Gasteiger charge is -2.10. The van der Waals surface area contributed by atoms with Gasteiger partial charge in [0.2, 0.25) is 0 Å². The van der Waals surface area contributed by atoms with Gasteiger partial charge in [-0.3, -0.25) is 4.79 Å². The lowest BCUT2D eigenvalue weighted by Crippen LogP contribution is -2.38. The summed E-state index contributed by atoms with van der Waals surface area (Å²) in [5.74, 6) is 0.814. The van der Waals surface area contributed by atoms with Crippen molar-refractivity contribution in [1.82, 2.24) is 5.32 Å². The first kappa shape index (κ1) is 13.1. The number of carbonyl (C=O) groups is 1. The molecule has 1 amide bonds. The number of halogens is 1. The number of aryl methyl sites for hydroxylation is 1. The molecule has 2 rings (SSSR count). The van der Waals surface area contributed by atoms with E-state index in [0.29, 0.717) is 18.2 Å². The second kappa shape index (κ2) is 5.37. The van der Waals surface area contributed by atoms with Crippen molar-refractivity contribution in [3.05, 3.63) is 23.7 Å². The van der Waals surface area contributed by atoms with Crippen molar-refractivity contribution >= 4 is 18.3 Å². The summed E-state index contributed by atoms with van der Waals surface area (Å²) < 4.78 is 5.08. The largest absolute Gasteiger partial charge is 0.459 e. The van der Waals surface area contributed by atoms with Gasteiger partial charge in [-0.25, -0.2) is 0 Å². The van der Waals surface area contributed by atoms with Crippen LogP contribution >= 0.6 is 12.4 Å². The fraction of sp³-hybridized carbons (Fsp3) is 0.545. The molecule has 0 aliphatic heterocycles. The lowest BCUT2D eigenvalue weighted by molar-refractivity contribution is 0.0921. The zero-order valence-corrected chi connectivity index (χ0v) is 10.0. The van der Waals surface area contributed by atoms with Crippen LogP contribution in [0.5, 0.6) is 0 Å². The molecule has 0 bridgehead atoms. The van der Waals surface area contributed by atoms with Crippen molar-refractivity contribution in [2.45, 2.75) is 25.8 Å². The van der Waals surface area contributed by atoms with Gasteiger partial charge in [0.1, 0.15) is 0 Å². The van der Waals surface area contributed by atoms with Crippen LogP contribution in [-0.2, 0) is 0 Å². The van der Waals surface area contributed by atoms with Crippen LogP contribution in [0.2, 0.25) is 0 Å². The van der Waals surface area contributed by atoms with E-state index in [4.69, 9.17) is 10.2 Å². The average Bonchev–Trinajstić information content (AvgIpc) is 2.98. The van der Waals surface area contributed by atoms with Gasteiger partial charge in [-0.05, 0) is 31.7 Å². The maximum absolute atomic E-state index is 11.6. The van der Waals surface area contributed by atoms with E-state index < -0.39 is 0 Å². The first-order valence-electron chi connectivity index (χ1n) is 5.26. The molecule has 16 heavy (non-hydrogen) atoms. The van der Waals surface area contributed by atoms with Crippen molar-refractivity contribution in [2.75, 3.05) is 6.54 Å². The Balaban J connectivity index is 0.00000128. The predicted molar refractivity (Wildman–Crippen MR) is 63.7 cm³/mol. The number of nitrogens with one attached hydrogen (secondary N) is 1. The third-order valence-electron chi connectivity index (χ3n) is 2.79. The highest BCUT2D eigenvalue weighted by atomic mass is 35.5. The molecular weight excluding hydrogens is 228 g/mol. The molecule has 0 saturated heterocycles. The monoisotopic (exact) mass is 244 g/mol. The molecular formula is C11H17ClN2O2. The predicted octanol–water partition coefficient (Wildman–Crippen LogP) is 1.48. The molecule has 3 N–H and O–H groups in total. The van der Waals surface area contributed by atoms with Crippen LogP contribution in [0.25, 0.3) is 0 Å². The molecule has 4 nitrogen and oxygen atoms in total. The summed E-state index contributed by atoms with van der Waals surface area (Å²) in [7, 11) is 0. The van der Waals surface area contributed by atoms with Gasteiger partial charge in [0.25, 0.3) is 5.91 Å². The van der Waals surface area contributed by atoms with Crippen molar-refractivity contribution in [2.24, 2.45) is 11.7 Å². The summed E-state index contributed by atoms with van der Waals surface area (Å²) in [6.45, 7) is 2.38. The van der Waals surface area contributed by atoms with Crippen molar-refractivity contribution in [1.29, 1.82) is 0 Å². The highest BCUT2D eigenvalue weighted by Crippen LogP contribution is 2.31. The van der Waals surface area contributed by atoms with E-state index in [1.165, 1.54) is 19.1 Å². The zero-order chi connectivity index (χ0) is 10.8. The summed E-state index contributed by atoms with van der Waals surface area (Å²) in [6, 6.07) is 1.86. The summed E-state index contributed by atoms with van der Waals surface area (Å²) in [5, 5.41) is 2.79. The van der Waals surface area contributed by atoms with Crippen molar-refractivity contribution < 1.29 is 9.21 Å². The lowest BCUT2D eigenvalue weighted by atomic mass is 10.2. The van der Waals surface area contributed by atoms with E-state index in [2.05, 4.69) is 5.32 Å². The summed E-state index contributed by atoms with van der Waals surface area (Å²) >= 11 is 0. The van der Waals surface area contributed by atoms with Gasteiger partial charge in [-0.15, -0.1) is 12.4 Å². The zero-order valence-electron chi connectivity index (χ0n) is 9.23. The van der Waals surface area contributed by atoms with Gasteiger partial charge in [0, 0.05) is 18.2 Å². The molecule has 1 fully saturated rings. The Hall–Kier alpha value is -1.00. The second-order valence-corrected chi connectivity index (χ2v) is 4.14. The van der Waals surface area contributed by atoms with Crippen molar-refractivity contribution in [3.8, 4) is 0 Å². The van der Waals surface area contributed by atoms with E-state index in [1.807, 2.05) is 6.92 Å². The standard InChI is InChI=1S/C11H16N2O2.ClH/c1-7-4-5-15-10(7)11(14)13-6-9(12)8-2-3-8;/h4-5,8-9H,2-3,6,12H2,1H3,(H,13,14);1H. The summed E-state index contributed by atoms with van der Waals surface area (Å²) in [6.07, 6.45) is 3.90. The van der Waals surface area contributed by atoms with Crippen LogP contribution in [0.15, 0.2) is 16.7 Å². The first-order valence-corrected chi connectivity index (χ1v) is 5.26. The van der Waals surface area contributed by atoms with Crippen molar-refractivity contribution in [3.63, 3.8) is 0 Å². The van der Waals surface area contributed by atoms with Crippen LogP contribution in [0, 0.1) is 12.8 Å². The molecule has 1 aromatic rings. The summed E-state index contributed by atoms with van der Waals surface area (Å²) in [4.78, 5) is 11.6. The number of hydrogen-bond donors (Lipinski definition) is 2. The molecule has 1 aromatic heterocycles. The second-order valence-electron chi connectivity index (χ2n) is 4.14. The maximum Gasteiger partial charge on any atom is 0.287 e. The molecule has 0 aromatic carbocycles. The molecule has 90 valence electrons. The van der Waals surface area contributed by atoms with Gasteiger partial charge >= 0.3 is 0 Å². The Bertz CT molecular complexity index is 361. The van der Waals surface area contributed by atoms with E-state index in [9.17, 15) is 4.79 Å². The smallest absolute Gasteiger partial charge is 0.287 e. The number of carbonyl (C=O) groups excluding carboxylic acids is 1. The highest BCUT2D eigenvalue weighted by molar-refractivity contribution is 5.92. The SMILES string of the molecule is Cc1ccoc1C(=O)NCC(N)C1CC1.Cl. The maximum atomic E-state index is 11.6. The molecule has 0 spiro atoms. The molecule has 5 heteroatoms. The number of amides is 1. The highest BCUT2D eigenvalue weighted by Gasteiger charge is 2.28. The van der Waals surface area contributed by atoms with Gasteiger partial charge in [-0.1, -0.05) is 0 Å². The van der Waals surface area contributed by atoms with Crippen LogP contribution in [0.4, 0.5) is 0 Å². The Labute approximate surface area is 101 Å². The van der Waals surface area contributed by atoms with E-state index in [0.717, 1.165) is 5.56 Å². The Morgan fingerprint density at radius 3 is 2.88 bits per heavy atom. The molecule has 0 radical (unpaired) electrons. The third kappa shape index (κ3) is 3.00. The molecule has 1 heterocycles. The molecule has 1 unspecified atom stereocenters. The first-order chi connectivity index (χ1) is 7.18. The van der Waals surface area contributed by atoms with Gasteiger partial charge in [0.05, 0.1) is 6.26 Å². The third-order valence-corrected chi connectivity index (χ3v) is 2.79. The van der Waals surface area contributed by atoms with Crippen LogP contribution in [-0.4, -0.2) is 18.5 Å². The van der Waals surface area contributed by atoms with E-state index >= 15 is 0 Å². The molecule has 1 aliphatic carbocycles. The quantitative estimate of drug-likeness (QED) is 0.843. The fourth-order valence-corrected chi connectivity index (χ4v) is 1.59. The topological polar surface area (TPSA) is 68.3 Å². The van der Waals surface area contributed by atoms with Gasteiger partial charge in [0.15, 0.2) is 5.76 Å². The van der Waals surface area contributed by atoms with Crippen LogP contribution < -0.4 is 11.1 Å². The molecule has 1 atom stereocenters. The van der Waals surface area contributed by atoms with E-state index in [1.54, 1.807) is 6.07 Å². The number of rotatable bonds is 4. The number of hydrogen-bond acceptors (Lipinski definition) is 3. The fourth-order valence-electron chi connectivity index (χ4n) is 1.59. The van der Waals surface area contributed by atoms with E-state index in [-0.39, 0.29) is 24.4 Å². The number of nitrogens with two attached hydrogens (primary N) is 1. The number of furan rings is 1. The molecule has 1 saturated carbocycles. The normalized spacial score (nSPS) is 16.4. The average molecular weight is 245 g/mol.